The lowest BCUT2D eigenvalue weighted by molar-refractivity contribution is -0.125. The predicted octanol–water partition coefficient (Wildman–Crippen LogP) is 1.02. The number of benzene rings is 1. The smallest absolute Gasteiger partial charge is 0.254 e. The second-order valence-corrected chi connectivity index (χ2v) is 3.20. The Kier molecular flexibility index (Phi) is 4.47. The third-order valence-electron chi connectivity index (χ3n) is 2.06. The van der Waals surface area contributed by atoms with Gasteiger partial charge < -0.3 is 15.8 Å². The molecule has 0 spiro atoms. The van der Waals surface area contributed by atoms with E-state index in [9.17, 15) is 18.0 Å². The number of amides is 1. The molecule has 0 saturated heterocycles. The molecule has 1 rings (SSSR count). The molecule has 0 aliphatic carbocycles. The topological polar surface area (TPSA) is 64.3 Å². The van der Waals surface area contributed by atoms with Gasteiger partial charge in [0, 0.05) is 25.8 Å². The number of anilines is 1. The summed E-state index contributed by atoms with van der Waals surface area (Å²) in [5, 5.41) is 2.05. The van der Waals surface area contributed by atoms with Crippen LogP contribution in [0.3, 0.4) is 0 Å². The van der Waals surface area contributed by atoms with Gasteiger partial charge in [0.05, 0.1) is 5.69 Å². The highest BCUT2D eigenvalue weighted by Gasteiger charge is 2.18. The van der Waals surface area contributed by atoms with E-state index >= 15 is 0 Å². The molecule has 0 aliphatic rings. The third-order valence-corrected chi connectivity index (χ3v) is 2.06. The molecule has 0 aromatic heterocycles. The van der Waals surface area contributed by atoms with Crippen molar-refractivity contribution < 1.29 is 22.7 Å². The maximum absolute atomic E-state index is 13.2. The quantitative estimate of drug-likeness (QED) is 0.782. The van der Waals surface area contributed by atoms with E-state index in [1.165, 1.54) is 7.11 Å². The van der Waals surface area contributed by atoms with Crippen LogP contribution in [0.2, 0.25) is 0 Å². The van der Waals surface area contributed by atoms with E-state index in [1.54, 1.807) is 0 Å². The molecule has 0 saturated carbocycles. The molecule has 0 radical (unpaired) electrons. The molecule has 4 nitrogen and oxygen atoms in total. The van der Waals surface area contributed by atoms with Crippen LogP contribution in [0.15, 0.2) is 12.1 Å². The first-order valence-electron chi connectivity index (χ1n) is 4.67. The van der Waals surface area contributed by atoms with Crippen molar-refractivity contribution in [2.45, 2.75) is 6.10 Å². The molecule has 0 bridgehead atoms. The van der Waals surface area contributed by atoms with E-state index in [4.69, 9.17) is 10.5 Å². The van der Waals surface area contributed by atoms with Crippen molar-refractivity contribution in [2.75, 3.05) is 19.0 Å². The van der Waals surface area contributed by atoms with Gasteiger partial charge >= 0.3 is 0 Å². The average molecular weight is 248 g/mol. The molecular weight excluding hydrogens is 237 g/mol. The molecule has 1 aromatic rings. The minimum Gasteiger partial charge on any atom is -0.370 e. The van der Waals surface area contributed by atoms with E-state index < -0.39 is 35.2 Å². The van der Waals surface area contributed by atoms with Crippen LogP contribution >= 0.6 is 0 Å². The van der Waals surface area contributed by atoms with Crippen molar-refractivity contribution in [1.29, 1.82) is 0 Å². The molecule has 0 fully saturated rings. The zero-order valence-corrected chi connectivity index (χ0v) is 8.97. The highest BCUT2D eigenvalue weighted by Crippen LogP contribution is 2.18. The number of halogens is 3. The summed E-state index contributed by atoms with van der Waals surface area (Å²) in [6.45, 7) is -0.117. The Morgan fingerprint density at radius 3 is 2.47 bits per heavy atom. The number of nitrogens with two attached hydrogens (primary N) is 1. The number of rotatable bonds is 4. The van der Waals surface area contributed by atoms with Gasteiger partial charge in [-0.1, -0.05) is 0 Å². The van der Waals surface area contributed by atoms with Crippen LogP contribution in [0.5, 0.6) is 0 Å². The van der Waals surface area contributed by atoms with Crippen LogP contribution in [0.1, 0.15) is 0 Å². The fraction of sp³-hybridized carbons (Fsp3) is 0.300. The highest BCUT2D eigenvalue weighted by atomic mass is 19.2. The van der Waals surface area contributed by atoms with E-state index in [1.807, 2.05) is 0 Å². The first-order chi connectivity index (χ1) is 7.99. The summed E-state index contributed by atoms with van der Waals surface area (Å²) in [7, 11) is 1.25. The Labute approximate surface area is 95.6 Å². The van der Waals surface area contributed by atoms with Gasteiger partial charge in [-0.15, -0.1) is 0 Å². The molecule has 1 aromatic carbocycles. The van der Waals surface area contributed by atoms with Gasteiger partial charge in [0.15, 0.2) is 11.6 Å². The number of hydrogen-bond acceptors (Lipinski definition) is 3. The fourth-order valence-corrected chi connectivity index (χ4v) is 1.14. The lowest BCUT2D eigenvalue weighted by Crippen LogP contribution is -2.36. The van der Waals surface area contributed by atoms with Crippen LogP contribution < -0.4 is 11.1 Å². The minimum absolute atomic E-state index is 0.117. The number of carbonyl (C=O) groups excluding carboxylic acids is 1. The number of carbonyl (C=O) groups is 1. The second-order valence-electron chi connectivity index (χ2n) is 3.20. The Bertz CT molecular complexity index is 422. The van der Waals surface area contributed by atoms with Crippen LogP contribution in [-0.2, 0) is 9.53 Å². The van der Waals surface area contributed by atoms with E-state index in [2.05, 4.69) is 5.32 Å². The van der Waals surface area contributed by atoms with Crippen molar-refractivity contribution >= 4 is 11.6 Å². The van der Waals surface area contributed by atoms with Crippen LogP contribution in [0, 0.1) is 17.5 Å². The minimum atomic E-state index is -1.33. The van der Waals surface area contributed by atoms with Crippen LogP contribution in [0.25, 0.3) is 0 Å². The van der Waals surface area contributed by atoms with Gasteiger partial charge in [-0.25, -0.2) is 13.2 Å². The Morgan fingerprint density at radius 2 is 1.94 bits per heavy atom. The lowest BCUT2D eigenvalue weighted by atomic mass is 10.2. The summed E-state index contributed by atoms with van der Waals surface area (Å²) < 4.78 is 43.3. The molecule has 1 atom stereocenters. The van der Waals surface area contributed by atoms with Gasteiger partial charge in [0.25, 0.3) is 5.91 Å². The number of hydrogen-bond donors (Lipinski definition) is 2. The molecule has 0 heterocycles. The molecule has 3 N–H and O–H groups in total. The molecule has 94 valence electrons. The first kappa shape index (κ1) is 13.5. The maximum atomic E-state index is 13.2. The van der Waals surface area contributed by atoms with Crippen molar-refractivity contribution in [2.24, 2.45) is 5.73 Å². The molecule has 1 unspecified atom stereocenters. The van der Waals surface area contributed by atoms with Gasteiger partial charge in [0.2, 0.25) is 0 Å². The Morgan fingerprint density at radius 1 is 1.35 bits per heavy atom. The SMILES string of the molecule is COC(CN)C(=O)Nc1cc(F)c(F)cc1F. The van der Waals surface area contributed by atoms with Crippen LogP contribution in [0.4, 0.5) is 18.9 Å². The van der Waals surface area contributed by atoms with Gasteiger partial charge in [-0.2, -0.15) is 0 Å². The molecule has 0 aliphatic heterocycles. The molecule has 17 heavy (non-hydrogen) atoms. The summed E-state index contributed by atoms with van der Waals surface area (Å²) in [6.07, 6.45) is -0.984. The normalized spacial score (nSPS) is 12.3. The average Bonchev–Trinajstić information content (AvgIpc) is 2.27. The highest BCUT2D eigenvalue weighted by molar-refractivity contribution is 5.94. The van der Waals surface area contributed by atoms with Crippen molar-refractivity contribution in [3.63, 3.8) is 0 Å². The number of methoxy groups -OCH3 is 1. The van der Waals surface area contributed by atoms with E-state index in [0.717, 1.165) is 0 Å². The Balaban J connectivity index is 2.88. The number of nitrogens with one attached hydrogen (secondary N) is 1. The van der Waals surface area contributed by atoms with Crippen molar-refractivity contribution in [1.82, 2.24) is 0 Å². The lowest BCUT2D eigenvalue weighted by Gasteiger charge is -2.13. The van der Waals surface area contributed by atoms with Crippen molar-refractivity contribution in [3.8, 4) is 0 Å². The number of ether oxygens (including phenoxy) is 1. The van der Waals surface area contributed by atoms with E-state index in [0.29, 0.717) is 12.1 Å². The van der Waals surface area contributed by atoms with Crippen LogP contribution in [-0.4, -0.2) is 25.7 Å². The fourth-order valence-electron chi connectivity index (χ4n) is 1.14. The summed E-state index contributed by atoms with van der Waals surface area (Å²) in [6, 6.07) is 0.890. The van der Waals surface area contributed by atoms with Gasteiger partial charge in [0.1, 0.15) is 11.9 Å². The summed E-state index contributed by atoms with van der Waals surface area (Å²) >= 11 is 0. The van der Waals surface area contributed by atoms with E-state index in [-0.39, 0.29) is 6.54 Å². The zero-order chi connectivity index (χ0) is 13.0. The van der Waals surface area contributed by atoms with Gasteiger partial charge in [-0.05, 0) is 0 Å². The molecule has 1 amide bonds. The van der Waals surface area contributed by atoms with Gasteiger partial charge in [-0.3, -0.25) is 4.79 Å². The largest absolute Gasteiger partial charge is 0.370 e. The predicted molar refractivity (Wildman–Crippen MR) is 54.8 cm³/mol. The summed E-state index contributed by atoms with van der Waals surface area (Å²) in [5.74, 6) is -4.41. The standard InChI is InChI=1S/C10H11F3N2O2/c1-17-9(4-14)10(16)15-8-3-6(12)5(11)2-7(8)13/h2-3,9H,4,14H2,1H3,(H,15,16). The first-order valence-corrected chi connectivity index (χ1v) is 4.67. The third kappa shape index (κ3) is 3.18. The Hall–Kier alpha value is -1.60. The summed E-state index contributed by atoms with van der Waals surface area (Å²) in [5.41, 5.74) is 4.75. The zero-order valence-electron chi connectivity index (χ0n) is 8.97. The molecular formula is C10H11F3N2O2. The monoisotopic (exact) mass is 248 g/mol. The maximum Gasteiger partial charge on any atom is 0.254 e. The van der Waals surface area contributed by atoms with Crippen molar-refractivity contribution in [3.05, 3.63) is 29.6 Å². The second kappa shape index (κ2) is 5.65. The summed E-state index contributed by atoms with van der Waals surface area (Å²) in [4.78, 5) is 11.4. The molecule has 7 heteroatoms.